The summed E-state index contributed by atoms with van der Waals surface area (Å²) in [7, 11) is 0. The Bertz CT molecular complexity index is 901. The van der Waals surface area contributed by atoms with Crippen LogP contribution >= 0.6 is 11.3 Å². The van der Waals surface area contributed by atoms with Crippen molar-refractivity contribution in [1.29, 1.82) is 0 Å². The molecule has 0 aliphatic heterocycles. The molecule has 2 N–H and O–H groups in total. The van der Waals surface area contributed by atoms with Gasteiger partial charge in [-0.15, -0.1) is 11.3 Å². The van der Waals surface area contributed by atoms with Crippen LogP contribution in [0.4, 0.5) is 0 Å². The maximum Gasteiger partial charge on any atom is 0.303 e. The Morgan fingerprint density at radius 2 is 2.27 bits per heavy atom. The fraction of sp³-hybridized carbons (Fsp3) is 0.400. The number of aromatic amines is 1. The lowest BCUT2D eigenvalue weighted by Crippen LogP contribution is -2.10. The van der Waals surface area contributed by atoms with Crippen molar-refractivity contribution in [3.05, 3.63) is 46.0 Å². The summed E-state index contributed by atoms with van der Waals surface area (Å²) in [5.41, 5.74) is 3.43. The number of nitrogens with zero attached hydrogens (tertiary/aromatic N) is 1. The van der Waals surface area contributed by atoms with E-state index in [1.165, 1.54) is 11.3 Å². The van der Waals surface area contributed by atoms with Crippen molar-refractivity contribution in [3.8, 4) is 5.75 Å². The largest absolute Gasteiger partial charge is 0.486 e. The number of ether oxygens (including phenoxy) is 1. The van der Waals surface area contributed by atoms with Gasteiger partial charge in [0.25, 0.3) is 0 Å². The first-order valence-corrected chi connectivity index (χ1v) is 9.96. The fourth-order valence-electron chi connectivity index (χ4n) is 3.91. The zero-order valence-corrected chi connectivity index (χ0v) is 15.3. The number of carbonyl (C=O) groups is 1. The number of aromatic nitrogens is 2. The quantitative estimate of drug-likeness (QED) is 0.671. The van der Waals surface area contributed by atoms with Crippen LogP contribution in [-0.4, -0.2) is 21.0 Å². The van der Waals surface area contributed by atoms with Crippen molar-refractivity contribution in [2.24, 2.45) is 0 Å². The van der Waals surface area contributed by atoms with Crippen LogP contribution in [0.3, 0.4) is 0 Å². The summed E-state index contributed by atoms with van der Waals surface area (Å²) in [6.45, 7) is 0.464. The SMILES string of the molecule is O=C(O)CC1CCCCCc2[nH]c3cc(OCc4nccs4)ccc3c21. The van der Waals surface area contributed by atoms with Gasteiger partial charge < -0.3 is 14.8 Å². The van der Waals surface area contributed by atoms with Crippen molar-refractivity contribution < 1.29 is 14.6 Å². The van der Waals surface area contributed by atoms with Gasteiger partial charge in [0.2, 0.25) is 0 Å². The van der Waals surface area contributed by atoms with Gasteiger partial charge in [0.15, 0.2) is 0 Å². The predicted molar refractivity (Wildman–Crippen MR) is 102 cm³/mol. The van der Waals surface area contributed by atoms with Gasteiger partial charge in [0, 0.05) is 34.2 Å². The smallest absolute Gasteiger partial charge is 0.303 e. The molecular weight excluding hydrogens is 348 g/mol. The van der Waals surface area contributed by atoms with Crippen molar-refractivity contribution in [1.82, 2.24) is 9.97 Å². The topological polar surface area (TPSA) is 75.2 Å². The first-order valence-electron chi connectivity index (χ1n) is 9.08. The summed E-state index contributed by atoms with van der Waals surface area (Å²) in [6.07, 6.45) is 7.30. The van der Waals surface area contributed by atoms with E-state index in [9.17, 15) is 9.90 Å². The molecule has 0 amide bonds. The van der Waals surface area contributed by atoms with E-state index in [4.69, 9.17) is 4.74 Å². The summed E-state index contributed by atoms with van der Waals surface area (Å²) in [5.74, 6) is 0.162. The average molecular weight is 370 g/mol. The summed E-state index contributed by atoms with van der Waals surface area (Å²) in [5, 5.41) is 13.4. The van der Waals surface area contributed by atoms with Crippen LogP contribution in [0.15, 0.2) is 29.8 Å². The van der Waals surface area contributed by atoms with E-state index < -0.39 is 5.97 Å². The van der Waals surface area contributed by atoms with Gasteiger partial charge in [-0.25, -0.2) is 4.98 Å². The number of hydrogen-bond donors (Lipinski definition) is 2. The zero-order chi connectivity index (χ0) is 17.9. The molecule has 26 heavy (non-hydrogen) atoms. The van der Waals surface area contributed by atoms with E-state index in [0.29, 0.717) is 6.61 Å². The first-order chi connectivity index (χ1) is 12.7. The van der Waals surface area contributed by atoms with Crippen molar-refractivity contribution in [2.75, 3.05) is 0 Å². The van der Waals surface area contributed by atoms with Crippen LogP contribution in [-0.2, 0) is 17.8 Å². The Kier molecular flexibility index (Phi) is 4.93. The molecule has 1 unspecified atom stereocenters. The average Bonchev–Trinajstić information content (AvgIpc) is 3.23. The highest BCUT2D eigenvalue weighted by Crippen LogP contribution is 2.38. The lowest BCUT2D eigenvalue weighted by atomic mass is 9.85. The van der Waals surface area contributed by atoms with Crippen molar-refractivity contribution in [3.63, 3.8) is 0 Å². The van der Waals surface area contributed by atoms with E-state index in [2.05, 4.69) is 16.0 Å². The number of hydrogen-bond acceptors (Lipinski definition) is 4. The van der Waals surface area contributed by atoms with Crippen LogP contribution in [0.2, 0.25) is 0 Å². The van der Waals surface area contributed by atoms with Crippen LogP contribution in [0.25, 0.3) is 10.9 Å². The molecule has 0 saturated carbocycles. The third kappa shape index (κ3) is 3.60. The molecule has 0 spiro atoms. The standard InChI is InChI=1S/C20H22N2O3S/c23-19(24)10-13-4-2-1-3-5-16-20(13)15-7-6-14(11-17(15)22-16)25-12-18-21-8-9-26-18/h6-9,11,13,22H,1-5,10,12H2,(H,23,24). The molecule has 0 bridgehead atoms. The highest BCUT2D eigenvalue weighted by molar-refractivity contribution is 7.09. The third-order valence-corrected chi connectivity index (χ3v) is 5.80. The van der Waals surface area contributed by atoms with E-state index >= 15 is 0 Å². The number of nitrogens with one attached hydrogen (secondary N) is 1. The third-order valence-electron chi connectivity index (χ3n) is 5.05. The number of benzene rings is 1. The molecule has 1 aromatic carbocycles. The van der Waals surface area contributed by atoms with E-state index in [-0.39, 0.29) is 12.3 Å². The minimum absolute atomic E-state index is 0.0821. The number of fused-ring (bicyclic) bond motifs is 3. The predicted octanol–water partition coefficient (Wildman–Crippen LogP) is 4.88. The second-order valence-electron chi connectivity index (χ2n) is 6.83. The summed E-state index contributed by atoms with van der Waals surface area (Å²) in [4.78, 5) is 19.1. The van der Waals surface area contributed by atoms with Crippen LogP contribution in [0, 0.1) is 0 Å². The molecular formula is C20H22N2O3S. The molecule has 0 saturated heterocycles. The number of rotatable bonds is 5. The summed E-state index contributed by atoms with van der Waals surface area (Å²) >= 11 is 1.58. The van der Waals surface area contributed by atoms with Gasteiger partial charge in [-0.3, -0.25) is 4.79 Å². The van der Waals surface area contributed by atoms with E-state index in [1.807, 2.05) is 17.5 Å². The van der Waals surface area contributed by atoms with Gasteiger partial charge in [0.1, 0.15) is 17.4 Å². The Labute approximate surface area is 156 Å². The maximum absolute atomic E-state index is 11.4. The Morgan fingerprint density at radius 1 is 1.35 bits per heavy atom. The zero-order valence-electron chi connectivity index (χ0n) is 14.5. The Morgan fingerprint density at radius 3 is 3.08 bits per heavy atom. The molecule has 0 fully saturated rings. The number of carboxylic acid groups (broad SMARTS) is 1. The second kappa shape index (κ2) is 7.50. The number of thiazole rings is 1. The highest BCUT2D eigenvalue weighted by Gasteiger charge is 2.24. The minimum Gasteiger partial charge on any atom is -0.486 e. The molecule has 3 aromatic rings. The van der Waals surface area contributed by atoms with Crippen molar-refractivity contribution in [2.45, 2.75) is 51.0 Å². The van der Waals surface area contributed by atoms with E-state index in [1.54, 1.807) is 17.5 Å². The Balaban J connectivity index is 1.65. The molecule has 2 aromatic heterocycles. The van der Waals surface area contributed by atoms with Gasteiger partial charge in [-0.2, -0.15) is 0 Å². The molecule has 1 aliphatic rings. The van der Waals surface area contributed by atoms with E-state index in [0.717, 1.165) is 53.8 Å². The van der Waals surface area contributed by atoms with Crippen LogP contribution < -0.4 is 4.74 Å². The first kappa shape index (κ1) is 17.1. The number of H-pyrrole nitrogens is 1. The molecule has 4 rings (SSSR count). The van der Waals surface area contributed by atoms with Crippen LogP contribution in [0.5, 0.6) is 5.75 Å². The second-order valence-corrected chi connectivity index (χ2v) is 7.81. The lowest BCUT2D eigenvalue weighted by Gasteiger charge is -2.19. The van der Waals surface area contributed by atoms with Crippen molar-refractivity contribution >= 4 is 28.2 Å². The van der Waals surface area contributed by atoms with Gasteiger partial charge in [-0.05, 0) is 42.9 Å². The fourth-order valence-corrected chi connectivity index (χ4v) is 4.43. The normalized spacial score (nSPS) is 17.5. The van der Waals surface area contributed by atoms with Gasteiger partial charge in [0.05, 0.1) is 6.42 Å². The molecule has 2 heterocycles. The number of aliphatic carboxylic acids is 1. The number of carboxylic acids is 1. The number of aryl methyl sites for hydroxylation is 1. The van der Waals surface area contributed by atoms with Gasteiger partial charge in [-0.1, -0.05) is 12.8 Å². The molecule has 6 heteroatoms. The van der Waals surface area contributed by atoms with Gasteiger partial charge >= 0.3 is 5.97 Å². The molecule has 5 nitrogen and oxygen atoms in total. The molecule has 1 aliphatic carbocycles. The molecule has 136 valence electrons. The summed E-state index contributed by atoms with van der Waals surface area (Å²) in [6, 6.07) is 6.06. The summed E-state index contributed by atoms with van der Waals surface area (Å²) < 4.78 is 5.87. The van der Waals surface area contributed by atoms with Crippen LogP contribution in [0.1, 0.15) is 54.3 Å². The lowest BCUT2D eigenvalue weighted by molar-refractivity contribution is -0.137. The monoisotopic (exact) mass is 370 g/mol. The molecule has 0 radical (unpaired) electrons. The highest BCUT2D eigenvalue weighted by atomic mass is 32.1. The maximum atomic E-state index is 11.4. The minimum atomic E-state index is -0.723. The molecule has 1 atom stereocenters. The Hall–Kier alpha value is -2.34.